The van der Waals surface area contributed by atoms with Crippen molar-refractivity contribution < 1.29 is 27.8 Å². The maximum atomic E-state index is 13.3. The molecule has 1 atom stereocenters. The Bertz CT molecular complexity index is 798. The lowest BCUT2D eigenvalue weighted by Gasteiger charge is -2.18. The van der Waals surface area contributed by atoms with E-state index in [2.05, 4.69) is 10.6 Å². The minimum absolute atomic E-state index is 0.0206. The largest absolute Gasteiger partial charge is 0.491 e. The number of rotatable bonds is 8. The lowest BCUT2D eigenvalue weighted by atomic mass is 10.1. The fraction of sp³-hybridized carbons (Fsp3) is 0.316. The van der Waals surface area contributed by atoms with E-state index >= 15 is 0 Å². The summed E-state index contributed by atoms with van der Waals surface area (Å²) in [7, 11) is 0. The van der Waals surface area contributed by atoms with E-state index in [0.717, 1.165) is 11.6 Å². The van der Waals surface area contributed by atoms with Crippen LogP contribution in [0.25, 0.3) is 0 Å². The lowest BCUT2D eigenvalue weighted by Crippen LogP contribution is -2.32. The zero-order chi connectivity index (χ0) is 20.7. The number of nitrogens with one attached hydrogen (secondary N) is 2. The van der Waals surface area contributed by atoms with Crippen LogP contribution in [0.4, 0.5) is 18.9 Å². The highest BCUT2D eigenvalue weighted by Gasteiger charge is 2.34. The fourth-order valence-corrected chi connectivity index (χ4v) is 2.59. The van der Waals surface area contributed by atoms with Gasteiger partial charge in [0, 0.05) is 10.7 Å². The molecule has 1 unspecified atom stereocenters. The molecule has 0 bridgehead atoms. The number of aliphatic hydroxyl groups excluding tert-OH is 1. The third kappa shape index (κ3) is 6.31. The number of alkyl halides is 3. The molecule has 28 heavy (non-hydrogen) atoms. The molecule has 9 heteroatoms. The van der Waals surface area contributed by atoms with E-state index in [4.69, 9.17) is 21.4 Å². The maximum absolute atomic E-state index is 13.3. The Kier molecular flexibility index (Phi) is 7.53. The third-order valence-corrected chi connectivity index (χ3v) is 4.10. The molecule has 0 saturated carbocycles. The normalized spacial score (nSPS) is 12.4. The summed E-state index contributed by atoms with van der Waals surface area (Å²) >= 11 is 5.82. The van der Waals surface area contributed by atoms with Crippen molar-refractivity contribution in [3.8, 4) is 5.75 Å². The number of hydrogen-bond donors (Lipinski definition) is 3. The van der Waals surface area contributed by atoms with Gasteiger partial charge in [0.2, 0.25) is 5.91 Å². The van der Waals surface area contributed by atoms with E-state index in [0.29, 0.717) is 5.02 Å². The Morgan fingerprint density at radius 3 is 2.50 bits per heavy atom. The Balaban J connectivity index is 2.02. The summed E-state index contributed by atoms with van der Waals surface area (Å²) in [6.45, 7) is 0.996. The second kappa shape index (κ2) is 9.66. The van der Waals surface area contributed by atoms with Crippen molar-refractivity contribution in [2.24, 2.45) is 0 Å². The molecule has 2 aromatic rings. The van der Waals surface area contributed by atoms with Gasteiger partial charge in [-0.25, -0.2) is 0 Å². The van der Waals surface area contributed by atoms with Crippen LogP contribution in [0.3, 0.4) is 0 Å². The molecule has 0 fully saturated rings. The van der Waals surface area contributed by atoms with Crippen LogP contribution in [0.2, 0.25) is 5.02 Å². The van der Waals surface area contributed by atoms with Gasteiger partial charge in [-0.3, -0.25) is 4.79 Å². The molecule has 0 radical (unpaired) electrons. The molecule has 3 N–H and O–H groups in total. The minimum Gasteiger partial charge on any atom is -0.491 e. The standard InChI is InChI=1S/C19H20ClF3N2O3/c1-12(13-2-4-14(20)5-3-13)25-18(27)11-24-17-7-6-15(28-9-8-26)10-16(17)19(21,22)23/h2-7,10,12,24,26H,8-9,11H2,1H3,(H,25,27). The van der Waals surface area contributed by atoms with Crippen LogP contribution in [0, 0.1) is 0 Å². The number of carbonyl (C=O) groups is 1. The van der Waals surface area contributed by atoms with Gasteiger partial charge in [0.25, 0.3) is 0 Å². The van der Waals surface area contributed by atoms with Gasteiger partial charge in [-0.1, -0.05) is 23.7 Å². The molecule has 2 rings (SSSR count). The fourth-order valence-electron chi connectivity index (χ4n) is 2.47. The molecule has 152 valence electrons. The first kappa shape index (κ1) is 21.8. The highest BCUT2D eigenvalue weighted by atomic mass is 35.5. The molecule has 0 aromatic heterocycles. The van der Waals surface area contributed by atoms with Crippen molar-refractivity contribution in [2.75, 3.05) is 25.1 Å². The van der Waals surface area contributed by atoms with E-state index in [1.54, 1.807) is 31.2 Å². The number of carbonyl (C=O) groups excluding carboxylic acids is 1. The van der Waals surface area contributed by atoms with Crippen LogP contribution in [0.5, 0.6) is 5.75 Å². The molecule has 2 aromatic carbocycles. The third-order valence-electron chi connectivity index (χ3n) is 3.84. The minimum atomic E-state index is -4.63. The van der Waals surface area contributed by atoms with Crippen LogP contribution < -0.4 is 15.4 Å². The van der Waals surface area contributed by atoms with Crippen LogP contribution in [-0.2, 0) is 11.0 Å². The van der Waals surface area contributed by atoms with Gasteiger partial charge in [0.05, 0.1) is 24.8 Å². The van der Waals surface area contributed by atoms with Gasteiger partial charge in [-0.15, -0.1) is 0 Å². The predicted molar refractivity (Wildman–Crippen MR) is 101 cm³/mol. The highest BCUT2D eigenvalue weighted by Crippen LogP contribution is 2.37. The smallest absolute Gasteiger partial charge is 0.418 e. The monoisotopic (exact) mass is 416 g/mol. The zero-order valence-corrected chi connectivity index (χ0v) is 15.8. The number of halogens is 4. The average Bonchev–Trinajstić information content (AvgIpc) is 2.64. The van der Waals surface area contributed by atoms with Gasteiger partial charge in [0.1, 0.15) is 12.4 Å². The van der Waals surface area contributed by atoms with Crippen molar-refractivity contribution in [2.45, 2.75) is 19.1 Å². The number of amides is 1. The molecule has 1 amide bonds. The Morgan fingerprint density at radius 2 is 1.89 bits per heavy atom. The Hall–Kier alpha value is -2.45. The van der Waals surface area contributed by atoms with Gasteiger partial charge >= 0.3 is 6.18 Å². The molecule has 0 aliphatic rings. The van der Waals surface area contributed by atoms with Crippen LogP contribution in [0.1, 0.15) is 24.1 Å². The Labute approximate surface area is 165 Å². The molecular formula is C19H20ClF3N2O3. The maximum Gasteiger partial charge on any atom is 0.418 e. The molecule has 5 nitrogen and oxygen atoms in total. The summed E-state index contributed by atoms with van der Waals surface area (Å²) in [6.07, 6.45) is -4.63. The topological polar surface area (TPSA) is 70.6 Å². The number of benzene rings is 2. The van der Waals surface area contributed by atoms with Gasteiger partial charge in [0.15, 0.2) is 0 Å². The van der Waals surface area contributed by atoms with E-state index in [9.17, 15) is 18.0 Å². The highest BCUT2D eigenvalue weighted by molar-refractivity contribution is 6.30. The summed E-state index contributed by atoms with van der Waals surface area (Å²) in [5, 5.41) is 14.5. The summed E-state index contributed by atoms with van der Waals surface area (Å²) < 4.78 is 44.9. The molecule has 0 saturated heterocycles. The van der Waals surface area contributed by atoms with Crippen LogP contribution >= 0.6 is 11.6 Å². The molecular weight excluding hydrogens is 397 g/mol. The van der Waals surface area contributed by atoms with E-state index < -0.39 is 17.6 Å². The summed E-state index contributed by atoms with van der Waals surface area (Å²) in [4.78, 5) is 12.1. The zero-order valence-electron chi connectivity index (χ0n) is 15.0. The summed E-state index contributed by atoms with van der Waals surface area (Å²) in [5.74, 6) is -0.482. The van der Waals surface area contributed by atoms with E-state index in [-0.39, 0.29) is 37.2 Å². The second-order valence-corrected chi connectivity index (χ2v) is 6.41. The van der Waals surface area contributed by atoms with Crippen molar-refractivity contribution >= 4 is 23.2 Å². The number of aliphatic hydroxyl groups is 1. The van der Waals surface area contributed by atoms with Crippen molar-refractivity contribution in [3.05, 3.63) is 58.6 Å². The summed E-state index contributed by atoms with van der Waals surface area (Å²) in [5.41, 5.74) is -0.376. The first-order valence-corrected chi connectivity index (χ1v) is 8.82. The van der Waals surface area contributed by atoms with Gasteiger partial charge in [-0.05, 0) is 42.8 Å². The van der Waals surface area contributed by atoms with Crippen LogP contribution in [0.15, 0.2) is 42.5 Å². The van der Waals surface area contributed by atoms with Gasteiger partial charge < -0.3 is 20.5 Å². The Morgan fingerprint density at radius 1 is 1.21 bits per heavy atom. The van der Waals surface area contributed by atoms with Gasteiger partial charge in [-0.2, -0.15) is 13.2 Å². The quantitative estimate of drug-likeness (QED) is 0.608. The number of ether oxygens (including phenoxy) is 1. The molecule has 0 spiro atoms. The van der Waals surface area contributed by atoms with E-state index in [1.807, 2.05) is 0 Å². The predicted octanol–water partition coefficient (Wildman–Crippen LogP) is 4.02. The average molecular weight is 417 g/mol. The number of anilines is 1. The SMILES string of the molecule is CC(NC(=O)CNc1ccc(OCCO)cc1C(F)(F)F)c1ccc(Cl)cc1. The number of hydrogen-bond acceptors (Lipinski definition) is 4. The van der Waals surface area contributed by atoms with Crippen molar-refractivity contribution in [1.82, 2.24) is 5.32 Å². The first-order chi connectivity index (χ1) is 13.2. The molecule has 0 heterocycles. The molecule has 0 aliphatic heterocycles. The van der Waals surface area contributed by atoms with Crippen LogP contribution in [-0.4, -0.2) is 30.8 Å². The second-order valence-electron chi connectivity index (χ2n) is 5.97. The first-order valence-electron chi connectivity index (χ1n) is 8.44. The molecule has 0 aliphatic carbocycles. The summed E-state index contributed by atoms with van der Waals surface area (Å²) in [6, 6.07) is 9.91. The van der Waals surface area contributed by atoms with Crippen molar-refractivity contribution in [3.63, 3.8) is 0 Å². The lowest BCUT2D eigenvalue weighted by molar-refractivity contribution is -0.137. The van der Waals surface area contributed by atoms with Crippen molar-refractivity contribution in [1.29, 1.82) is 0 Å². The van der Waals surface area contributed by atoms with E-state index in [1.165, 1.54) is 12.1 Å².